The zero-order chi connectivity index (χ0) is 17.4. The molecule has 0 radical (unpaired) electrons. The summed E-state index contributed by atoms with van der Waals surface area (Å²) < 4.78 is 5.74. The topological polar surface area (TPSA) is 70.6 Å². The van der Waals surface area contributed by atoms with Crippen molar-refractivity contribution < 1.29 is 14.6 Å². The van der Waals surface area contributed by atoms with Crippen molar-refractivity contribution in [3.63, 3.8) is 0 Å². The second kappa shape index (κ2) is 9.05. The van der Waals surface area contributed by atoms with Crippen molar-refractivity contribution in [3.05, 3.63) is 65.7 Å². The van der Waals surface area contributed by atoms with Crippen LogP contribution in [0, 0.1) is 0 Å². The molecule has 24 heavy (non-hydrogen) atoms. The fourth-order valence-corrected chi connectivity index (χ4v) is 2.31. The summed E-state index contributed by atoms with van der Waals surface area (Å²) in [7, 11) is 1.55. The van der Waals surface area contributed by atoms with E-state index in [0.717, 1.165) is 16.9 Å². The number of hydrogen-bond donors (Lipinski definition) is 3. The molecule has 3 N–H and O–H groups in total. The van der Waals surface area contributed by atoms with Gasteiger partial charge < -0.3 is 15.2 Å². The number of carbonyl (C=O) groups excluding carboxylic acids is 1. The maximum absolute atomic E-state index is 11.7. The lowest BCUT2D eigenvalue weighted by molar-refractivity contribution is -0.125. The lowest BCUT2D eigenvalue weighted by Gasteiger charge is -2.20. The summed E-state index contributed by atoms with van der Waals surface area (Å²) in [4.78, 5) is 11.7. The Bertz CT molecular complexity index is 627. The molecule has 0 fully saturated rings. The van der Waals surface area contributed by atoms with Crippen molar-refractivity contribution in [2.75, 3.05) is 7.05 Å². The standard InChI is InChI=1S/C19H24N2O3/c1-14(22)18(19(23)20-2)21-12-15-8-10-17(11-9-15)24-13-16-6-4-3-5-7-16/h3-11,14,18,21-22H,12-13H2,1-2H3,(H,20,23)/t14?,18-/m0/s1. The molecule has 0 aromatic heterocycles. The van der Waals surface area contributed by atoms with Gasteiger partial charge in [-0.2, -0.15) is 0 Å². The Morgan fingerprint density at radius 2 is 1.75 bits per heavy atom. The molecule has 0 spiro atoms. The predicted molar refractivity (Wildman–Crippen MR) is 93.6 cm³/mol. The van der Waals surface area contributed by atoms with Gasteiger partial charge in [-0.25, -0.2) is 0 Å². The average Bonchev–Trinajstić information content (AvgIpc) is 2.61. The largest absolute Gasteiger partial charge is 0.489 e. The van der Waals surface area contributed by atoms with Crippen LogP contribution in [-0.2, 0) is 17.9 Å². The SMILES string of the molecule is CNC(=O)[C@@H](NCc1ccc(OCc2ccccc2)cc1)C(C)O. The molecule has 1 unspecified atom stereocenters. The summed E-state index contributed by atoms with van der Waals surface area (Å²) in [6, 6.07) is 17.0. The Hall–Kier alpha value is -2.37. The molecule has 0 aliphatic heterocycles. The number of rotatable bonds is 8. The molecule has 5 heteroatoms. The first kappa shape index (κ1) is 18.0. The van der Waals surface area contributed by atoms with E-state index in [-0.39, 0.29) is 5.91 Å². The zero-order valence-electron chi connectivity index (χ0n) is 14.0. The summed E-state index contributed by atoms with van der Waals surface area (Å²) in [6.07, 6.45) is -0.765. The number of likely N-dealkylation sites (N-methyl/N-ethyl adjacent to an activating group) is 1. The van der Waals surface area contributed by atoms with Gasteiger partial charge in [0.1, 0.15) is 18.4 Å². The number of aliphatic hydroxyl groups is 1. The highest BCUT2D eigenvalue weighted by atomic mass is 16.5. The lowest BCUT2D eigenvalue weighted by Crippen LogP contribution is -2.49. The van der Waals surface area contributed by atoms with E-state index in [1.165, 1.54) is 0 Å². The molecule has 2 aromatic carbocycles. The van der Waals surface area contributed by atoms with Gasteiger partial charge in [0, 0.05) is 13.6 Å². The van der Waals surface area contributed by atoms with Crippen LogP contribution in [-0.4, -0.2) is 30.2 Å². The van der Waals surface area contributed by atoms with Crippen molar-refractivity contribution in [2.24, 2.45) is 0 Å². The van der Waals surface area contributed by atoms with E-state index < -0.39 is 12.1 Å². The van der Waals surface area contributed by atoms with Gasteiger partial charge >= 0.3 is 0 Å². The second-order valence-electron chi connectivity index (χ2n) is 5.63. The summed E-state index contributed by atoms with van der Waals surface area (Å²) in [5.41, 5.74) is 2.13. The van der Waals surface area contributed by atoms with Crippen LogP contribution < -0.4 is 15.4 Å². The number of benzene rings is 2. The quantitative estimate of drug-likeness (QED) is 0.692. The van der Waals surface area contributed by atoms with Crippen LogP contribution in [0.25, 0.3) is 0 Å². The highest BCUT2D eigenvalue weighted by Crippen LogP contribution is 2.14. The number of amides is 1. The minimum Gasteiger partial charge on any atom is -0.489 e. The highest BCUT2D eigenvalue weighted by molar-refractivity contribution is 5.82. The lowest BCUT2D eigenvalue weighted by atomic mass is 10.1. The molecular formula is C19H24N2O3. The van der Waals surface area contributed by atoms with Gasteiger partial charge in [-0.05, 0) is 30.2 Å². The molecule has 0 bridgehead atoms. The van der Waals surface area contributed by atoms with Crippen LogP contribution in [0.15, 0.2) is 54.6 Å². The van der Waals surface area contributed by atoms with E-state index in [0.29, 0.717) is 13.2 Å². The molecule has 0 heterocycles. The number of carbonyl (C=O) groups is 1. The molecule has 128 valence electrons. The number of aliphatic hydroxyl groups excluding tert-OH is 1. The molecule has 0 aliphatic rings. The maximum atomic E-state index is 11.7. The van der Waals surface area contributed by atoms with E-state index in [2.05, 4.69) is 10.6 Å². The van der Waals surface area contributed by atoms with Crippen LogP contribution in [0.2, 0.25) is 0 Å². The van der Waals surface area contributed by atoms with Gasteiger partial charge in [-0.3, -0.25) is 10.1 Å². The number of ether oxygens (including phenoxy) is 1. The minimum atomic E-state index is -0.765. The smallest absolute Gasteiger partial charge is 0.239 e. The van der Waals surface area contributed by atoms with Gasteiger partial charge in [0.15, 0.2) is 0 Å². The highest BCUT2D eigenvalue weighted by Gasteiger charge is 2.21. The van der Waals surface area contributed by atoms with E-state index in [1.54, 1.807) is 14.0 Å². The van der Waals surface area contributed by atoms with Gasteiger partial charge in [-0.15, -0.1) is 0 Å². The van der Waals surface area contributed by atoms with Crippen molar-refractivity contribution in [3.8, 4) is 5.75 Å². The molecule has 0 saturated carbocycles. The van der Waals surface area contributed by atoms with E-state index in [9.17, 15) is 9.90 Å². The fraction of sp³-hybridized carbons (Fsp3) is 0.316. The Balaban J connectivity index is 1.86. The molecule has 5 nitrogen and oxygen atoms in total. The third-order valence-corrected chi connectivity index (χ3v) is 3.71. The first-order valence-corrected chi connectivity index (χ1v) is 7.99. The van der Waals surface area contributed by atoms with E-state index >= 15 is 0 Å². The summed E-state index contributed by atoms with van der Waals surface area (Å²) in [5, 5.41) is 15.3. The maximum Gasteiger partial charge on any atom is 0.239 e. The Kier molecular flexibility index (Phi) is 6.78. The van der Waals surface area contributed by atoms with Crippen LogP contribution >= 0.6 is 0 Å². The average molecular weight is 328 g/mol. The van der Waals surface area contributed by atoms with Gasteiger partial charge in [0.05, 0.1) is 6.10 Å². The molecule has 2 atom stereocenters. The van der Waals surface area contributed by atoms with Crippen LogP contribution in [0.4, 0.5) is 0 Å². The van der Waals surface area contributed by atoms with Crippen LogP contribution in [0.1, 0.15) is 18.1 Å². The second-order valence-corrected chi connectivity index (χ2v) is 5.63. The van der Waals surface area contributed by atoms with E-state index in [1.807, 2.05) is 54.6 Å². The Morgan fingerprint density at radius 1 is 1.08 bits per heavy atom. The number of hydrogen-bond acceptors (Lipinski definition) is 4. The first-order chi connectivity index (χ1) is 11.6. The van der Waals surface area contributed by atoms with Gasteiger partial charge in [0.2, 0.25) is 5.91 Å². The minimum absolute atomic E-state index is 0.229. The normalized spacial score (nSPS) is 13.1. The van der Waals surface area contributed by atoms with Crippen molar-refractivity contribution in [1.29, 1.82) is 0 Å². The Labute approximate surface area is 142 Å². The molecule has 0 aliphatic carbocycles. The zero-order valence-corrected chi connectivity index (χ0v) is 14.0. The van der Waals surface area contributed by atoms with Gasteiger partial charge in [-0.1, -0.05) is 42.5 Å². The van der Waals surface area contributed by atoms with Crippen LogP contribution in [0.3, 0.4) is 0 Å². The third-order valence-electron chi connectivity index (χ3n) is 3.71. The fourth-order valence-electron chi connectivity index (χ4n) is 2.31. The van der Waals surface area contributed by atoms with Crippen molar-refractivity contribution >= 4 is 5.91 Å². The number of nitrogens with one attached hydrogen (secondary N) is 2. The molecule has 0 saturated heterocycles. The molecule has 2 aromatic rings. The van der Waals surface area contributed by atoms with Crippen LogP contribution in [0.5, 0.6) is 5.75 Å². The molecule has 2 rings (SSSR count). The molecule has 1 amide bonds. The first-order valence-electron chi connectivity index (χ1n) is 7.99. The monoisotopic (exact) mass is 328 g/mol. The summed E-state index contributed by atoms with van der Waals surface area (Å²) in [5.74, 6) is 0.564. The third kappa shape index (κ3) is 5.37. The summed E-state index contributed by atoms with van der Waals surface area (Å²) >= 11 is 0. The van der Waals surface area contributed by atoms with E-state index in [4.69, 9.17) is 4.74 Å². The van der Waals surface area contributed by atoms with Crippen molar-refractivity contribution in [2.45, 2.75) is 32.2 Å². The predicted octanol–water partition coefficient (Wildman–Crippen LogP) is 1.85. The molecular weight excluding hydrogens is 304 g/mol. The van der Waals surface area contributed by atoms with Gasteiger partial charge in [0.25, 0.3) is 0 Å². The summed E-state index contributed by atoms with van der Waals surface area (Å²) in [6.45, 7) is 2.61. The Morgan fingerprint density at radius 3 is 2.33 bits per heavy atom. The van der Waals surface area contributed by atoms with Crippen molar-refractivity contribution in [1.82, 2.24) is 10.6 Å².